The molecule has 106 valence electrons. The number of hydrogen-bond acceptors (Lipinski definition) is 3. The van der Waals surface area contributed by atoms with Crippen LogP contribution in [0.5, 0.6) is 5.88 Å². The van der Waals surface area contributed by atoms with E-state index in [1.54, 1.807) is 18.2 Å². The van der Waals surface area contributed by atoms with Crippen LogP contribution in [-0.2, 0) is 0 Å². The third-order valence-electron chi connectivity index (χ3n) is 3.08. The highest BCUT2D eigenvalue weighted by atomic mass is 35.5. The van der Waals surface area contributed by atoms with Crippen LogP contribution in [0.2, 0.25) is 10.0 Å². The number of benzene rings is 2. The van der Waals surface area contributed by atoms with Crippen LogP contribution < -0.4 is 0 Å². The average molecular weight is 320 g/mol. The molecule has 0 fully saturated rings. The van der Waals surface area contributed by atoms with Gasteiger partial charge in [0.1, 0.15) is 0 Å². The fraction of sp³-hybridized carbons (Fsp3) is 0.0667. The van der Waals surface area contributed by atoms with Crippen molar-refractivity contribution in [1.29, 1.82) is 0 Å². The van der Waals surface area contributed by atoms with Crippen LogP contribution >= 0.6 is 23.2 Å². The number of H-pyrrole nitrogens is 1. The minimum Gasteiger partial charge on any atom is -0.493 e. The molecule has 2 aromatic carbocycles. The molecule has 1 aromatic heterocycles. The standard InChI is InChI=1S/C15H11Cl2N3O/c1-8-2-5-13-10(6-8)14(15(21)18-13)20-19-9-3-4-11(16)12(17)7-9/h2-7,18,21H,1H3. The van der Waals surface area contributed by atoms with Gasteiger partial charge in [-0.15, -0.1) is 5.11 Å². The van der Waals surface area contributed by atoms with Gasteiger partial charge in [0.05, 0.1) is 21.2 Å². The Bertz CT molecular complexity index is 855. The van der Waals surface area contributed by atoms with Crippen molar-refractivity contribution in [2.45, 2.75) is 6.92 Å². The van der Waals surface area contributed by atoms with Crippen LogP contribution in [0, 0.1) is 6.92 Å². The number of aromatic nitrogens is 1. The molecule has 0 aliphatic heterocycles. The summed E-state index contributed by atoms with van der Waals surface area (Å²) >= 11 is 11.8. The van der Waals surface area contributed by atoms with Gasteiger partial charge in [-0.05, 0) is 37.3 Å². The summed E-state index contributed by atoms with van der Waals surface area (Å²) in [5, 5.41) is 19.8. The first-order chi connectivity index (χ1) is 10.0. The number of azo groups is 1. The first kappa shape index (κ1) is 13.9. The van der Waals surface area contributed by atoms with Gasteiger partial charge in [0.2, 0.25) is 5.88 Å². The smallest absolute Gasteiger partial charge is 0.218 e. The van der Waals surface area contributed by atoms with Crippen molar-refractivity contribution in [3.8, 4) is 5.88 Å². The van der Waals surface area contributed by atoms with Gasteiger partial charge in [0.25, 0.3) is 0 Å². The van der Waals surface area contributed by atoms with Gasteiger partial charge >= 0.3 is 0 Å². The maximum absolute atomic E-state index is 9.95. The number of nitrogens with one attached hydrogen (secondary N) is 1. The van der Waals surface area contributed by atoms with Crippen LogP contribution in [-0.4, -0.2) is 10.1 Å². The summed E-state index contributed by atoms with van der Waals surface area (Å²) in [6.07, 6.45) is 0. The van der Waals surface area contributed by atoms with Gasteiger partial charge < -0.3 is 10.1 Å². The predicted octanol–water partition coefficient (Wildman–Crippen LogP) is 5.90. The summed E-state index contributed by atoms with van der Waals surface area (Å²) in [4.78, 5) is 2.87. The Labute approximate surface area is 131 Å². The maximum atomic E-state index is 9.95. The number of aromatic amines is 1. The number of aromatic hydroxyl groups is 1. The lowest BCUT2D eigenvalue weighted by molar-refractivity contribution is 0.459. The van der Waals surface area contributed by atoms with Crippen LogP contribution in [0.15, 0.2) is 46.6 Å². The zero-order chi connectivity index (χ0) is 15.0. The summed E-state index contributed by atoms with van der Waals surface area (Å²) < 4.78 is 0. The van der Waals surface area contributed by atoms with Crippen molar-refractivity contribution >= 4 is 45.5 Å². The molecule has 0 atom stereocenters. The molecule has 0 amide bonds. The zero-order valence-corrected chi connectivity index (χ0v) is 12.6. The molecule has 0 bridgehead atoms. The molecule has 0 spiro atoms. The summed E-state index contributed by atoms with van der Waals surface area (Å²) in [5.41, 5.74) is 2.85. The maximum Gasteiger partial charge on any atom is 0.218 e. The summed E-state index contributed by atoms with van der Waals surface area (Å²) in [7, 11) is 0. The first-order valence-electron chi connectivity index (χ1n) is 6.22. The fourth-order valence-electron chi connectivity index (χ4n) is 2.03. The third kappa shape index (κ3) is 2.73. The lowest BCUT2D eigenvalue weighted by Crippen LogP contribution is -1.71. The highest BCUT2D eigenvalue weighted by Gasteiger charge is 2.10. The van der Waals surface area contributed by atoms with E-state index in [4.69, 9.17) is 23.2 Å². The second-order valence-corrected chi connectivity index (χ2v) is 5.48. The Hall–Kier alpha value is -2.04. The van der Waals surface area contributed by atoms with E-state index in [0.717, 1.165) is 16.5 Å². The molecule has 0 saturated heterocycles. The molecule has 0 saturated carbocycles. The Morgan fingerprint density at radius 1 is 1.00 bits per heavy atom. The molecule has 0 aliphatic rings. The highest BCUT2D eigenvalue weighted by Crippen LogP contribution is 2.37. The van der Waals surface area contributed by atoms with Crippen molar-refractivity contribution in [3.63, 3.8) is 0 Å². The van der Waals surface area contributed by atoms with Crippen molar-refractivity contribution in [3.05, 3.63) is 52.0 Å². The Balaban J connectivity index is 2.04. The number of nitrogens with zero attached hydrogens (tertiary/aromatic N) is 2. The molecule has 21 heavy (non-hydrogen) atoms. The van der Waals surface area contributed by atoms with Gasteiger partial charge in [-0.1, -0.05) is 34.8 Å². The lowest BCUT2D eigenvalue weighted by Gasteiger charge is -1.97. The minimum atomic E-state index is -0.0144. The molecule has 3 aromatic rings. The van der Waals surface area contributed by atoms with E-state index in [1.165, 1.54) is 0 Å². The number of halogens is 2. The quantitative estimate of drug-likeness (QED) is 0.567. The van der Waals surface area contributed by atoms with Gasteiger partial charge in [-0.2, -0.15) is 5.11 Å². The van der Waals surface area contributed by atoms with Crippen molar-refractivity contribution in [1.82, 2.24) is 4.98 Å². The highest BCUT2D eigenvalue weighted by molar-refractivity contribution is 6.42. The number of fused-ring (bicyclic) bond motifs is 1. The Morgan fingerprint density at radius 2 is 1.81 bits per heavy atom. The number of rotatable bonds is 2. The van der Waals surface area contributed by atoms with Crippen molar-refractivity contribution in [2.75, 3.05) is 0 Å². The molecule has 2 N–H and O–H groups in total. The summed E-state index contributed by atoms with van der Waals surface area (Å²) in [6.45, 7) is 1.98. The van der Waals surface area contributed by atoms with E-state index >= 15 is 0 Å². The first-order valence-corrected chi connectivity index (χ1v) is 6.98. The molecule has 0 unspecified atom stereocenters. The minimum absolute atomic E-state index is 0.0144. The van der Waals surface area contributed by atoms with E-state index in [-0.39, 0.29) is 5.88 Å². The van der Waals surface area contributed by atoms with Crippen LogP contribution in [0.3, 0.4) is 0 Å². The third-order valence-corrected chi connectivity index (χ3v) is 3.82. The van der Waals surface area contributed by atoms with E-state index in [2.05, 4.69) is 15.2 Å². The zero-order valence-electron chi connectivity index (χ0n) is 11.1. The van der Waals surface area contributed by atoms with Gasteiger partial charge in [0.15, 0.2) is 5.69 Å². The van der Waals surface area contributed by atoms with E-state index in [9.17, 15) is 5.11 Å². The molecule has 4 nitrogen and oxygen atoms in total. The van der Waals surface area contributed by atoms with Crippen LogP contribution in [0.25, 0.3) is 10.9 Å². The predicted molar refractivity (Wildman–Crippen MR) is 85.3 cm³/mol. The second-order valence-electron chi connectivity index (χ2n) is 4.67. The molecule has 6 heteroatoms. The van der Waals surface area contributed by atoms with E-state index in [1.807, 2.05) is 25.1 Å². The van der Waals surface area contributed by atoms with Crippen LogP contribution in [0.4, 0.5) is 11.4 Å². The van der Waals surface area contributed by atoms with Crippen LogP contribution in [0.1, 0.15) is 5.56 Å². The number of aryl methyl sites for hydroxylation is 1. The average Bonchev–Trinajstić information content (AvgIpc) is 2.75. The second kappa shape index (κ2) is 5.39. The van der Waals surface area contributed by atoms with Gasteiger partial charge in [0, 0.05) is 5.39 Å². The van der Waals surface area contributed by atoms with Gasteiger partial charge in [-0.3, -0.25) is 0 Å². The fourth-order valence-corrected chi connectivity index (χ4v) is 2.33. The van der Waals surface area contributed by atoms with E-state index < -0.39 is 0 Å². The lowest BCUT2D eigenvalue weighted by atomic mass is 10.2. The normalized spacial score (nSPS) is 11.6. The van der Waals surface area contributed by atoms with E-state index in [0.29, 0.717) is 21.4 Å². The molecule has 0 radical (unpaired) electrons. The summed E-state index contributed by atoms with van der Waals surface area (Å²) in [6, 6.07) is 10.8. The topological polar surface area (TPSA) is 60.7 Å². The molecular formula is C15H11Cl2N3O. The summed E-state index contributed by atoms with van der Waals surface area (Å²) in [5.74, 6) is -0.0144. The van der Waals surface area contributed by atoms with Crippen molar-refractivity contribution in [2.24, 2.45) is 10.2 Å². The molecule has 1 heterocycles. The monoisotopic (exact) mass is 319 g/mol. The SMILES string of the molecule is Cc1ccc2[nH]c(O)c(N=Nc3ccc(Cl)c(Cl)c3)c2c1. The number of hydrogen-bond donors (Lipinski definition) is 2. The van der Waals surface area contributed by atoms with Crippen molar-refractivity contribution < 1.29 is 5.11 Å². The van der Waals surface area contributed by atoms with Gasteiger partial charge in [-0.25, -0.2) is 0 Å². The Morgan fingerprint density at radius 3 is 2.57 bits per heavy atom. The molecular weight excluding hydrogens is 309 g/mol. The molecule has 0 aliphatic carbocycles. The largest absolute Gasteiger partial charge is 0.493 e. The molecule has 3 rings (SSSR count). The Kier molecular flexibility index (Phi) is 3.57.